The first-order chi connectivity index (χ1) is 15.5. The van der Waals surface area contributed by atoms with Crippen molar-refractivity contribution in [1.82, 2.24) is 5.32 Å². The van der Waals surface area contributed by atoms with E-state index < -0.39 is 0 Å². The highest BCUT2D eigenvalue weighted by molar-refractivity contribution is 7.12. The minimum atomic E-state index is -0.261. The molecule has 0 aliphatic carbocycles. The average Bonchev–Trinajstić information content (AvgIpc) is 3.35. The number of halogens is 2. The largest absolute Gasteiger partial charge is 0.381 e. The summed E-state index contributed by atoms with van der Waals surface area (Å²) in [6.45, 7) is 1.74. The second kappa shape index (κ2) is 10.0. The molecule has 1 aliphatic rings. The van der Waals surface area contributed by atoms with E-state index in [0.29, 0.717) is 45.9 Å². The summed E-state index contributed by atoms with van der Waals surface area (Å²) in [5, 5.41) is 8.73. The first kappa shape index (κ1) is 22.8. The van der Waals surface area contributed by atoms with Crippen LogP contribution in [0.4, 0.5) is 5.69 Å². The molecule has 4 rings (SSSR count). The number of hydrogen-bond donors (Lipinski definition) is 2. The monoisotopic (exact) mass is 488 g/mol. The topological polar surface area (TPSA) is 67.4 Å². The van der Waals surface area contributed by atoms with Crippen LogP contribution in [-0.4, -0.2) is 31.6 Å². The van der Waals surface area contributed by atoms with Crippen LogP contribution in [0.2, 0.25) is 10.0 Å². The van der Waals surface area contributed by atoms with Gasteiger partial charge in [-0.2, -0.15) is 0 Å². The molecule has 166 valence electrons. The van der Waals surface area contributed by atoms with E-state index in [1.54, 1.807) is 30.3 Å². The van der Waals surface area contributed by atoms with Crippen LogP contribution in [0.25, 0.3) is 0 Å². The number of ether oxygens (including phenoxy) is 1. The van der Waals surface area contributed by atoms with Crippen LogP contribution in [0.5, 0.6) is 0 Å². The Morgan fingerprint density at radius 3 is 2.44 bits per heavy atom. The highest BCUT2D eigenvalue weighted by Crippen LogP contribution is 2.35. The van der Waals surface area contributed by atoms with E-state index in [4.69, 9.17) is 27.9 Å². The zero-order valence-electron chi connectivity index (χ0n) is 17.2. The number of benzene rings is 2. The SMILES string of the molecule is O=C(NCC1(c2ccc(Cl)cc2)CCOCC1)c1ccc(Cl)c(NC(=O)c2cccs2)c1. The summed E-state index contributed by atoms with van der Waals surface area (Å²) >= 11 is 13.7. The summed E-state index contributed by atoms with van der Waals surface area (Å²) in [5.41, 5.74) is 1.73. The maximum absolute atomic E-state index is 13.0. The Balaban J connectivity index is 1.49. The van der Waals surface area contributed by atoms with Crippen LogP contribution in [0.3, 0.4) is 0 Å². The summed E-state index contributed by atoms with van der Waals surface area (Å²) in [4.78, 5) is 25.9. The highest BCUT2D eigenvalue weighted by atomic mass is 35.5. The van der Waals surface area contributed by atoms with Crippen molar-refractivity contribution < 1.29 is 14.3 Å². The maximum Gasteiger partial charge on any atom is 0.265 e. The molecule has 1 aliphatic heterocycles. The minimum Gasteiger partial charge on any atom is -0.381 e. The molecule has 0 unspecified atom stereocenters. The van der Waals surface area contributed by atoms with Crippen molar-refractivity contribution in [3.63, 3.8) is 0 Å². The smallest absolute Gasteiger partial charge is 0.265 e. The third-order valence-corrected chi connectivity index (χ3v) is 7.17. The fourth-order valence-electron chi connectivity index (χ4n) is 3.84. The fourth-order valence-corrected chi connectivity index (χ4v) is 4.75. The van der Waals surface area contributed by atoms with Gasteiger partial charge in [-0.1, -0.05) is 41.4 Å². The summed E-state index contributed by atoms with van der Waals surface area (Å²) in [7, 11) is 0. The number of anilines is 1. The van der Waals surface area contributed by atoms with Crippen molar-refractivity contribution in [3.05, 3.63) is 86.0 Å². The van der Waals surface area contributed by atoms with E-state index in [2.05, 4.69) is 10.6 Å². The standard InChI is InChI=1S/C24H22Cl2N2O3S/c25-18-6-4-17(5-7-18)24(9-11-31-12-10-24)15-27-22(29)16-3-8-19(26)20(14-16)28-23(30)21-2-1-13-32-21/h1-8,13-14H,9-12,15H2,(H,27,29)(H,28,30). The predicted molar refractivity (Wildman–Crippen MR) is 129 cm³/mol. The molecule has 32 heavy (non-hydrogen) atoms. The van der Waals surface area contributed by atoms with E-state index in [1.165, 1.54) is 11.3 Å². The molecule has 2 heterocycles. The third kappa shape index (κ3) is 5.15. The highest BCUT2D eigenvalue weighted by Gasteiger charge is 2.35. The van der Waals surface area contributed by atoms with Crippen molar-refractivity contribution in [3.8, 4) is 0 Å². The van der Waals surface area contributed by atoms with Gasteiger partial charge in [0.25, 0.3) is 11.8 Å². The summed E-state index contributed by atoms with van der Waals surface area (Å²) in [6.07, 6.45) is 1.61. The second-order valence-electron chi connectivity index (χ2n) is 7.71. The summed E-state index contributed by atoms with van der Waals surface area (Å²) < 4.78 is 5.57. The van der Waals surface area contributed by atoms with E-state index in [-0.39, 0.29) is 17.2 Å². The minimum absolute atomic E-state index is 0.221. The van der Waals surface area contributed by atoms with E-state index in [1.807, 2.05) is 29.6 Å². The Morgan fingerprint density at radius 2 is 1.75 bits per heavy atom. The zero-order valence-corrected chi connectivity index (χ0v) is 19.5. The summed E-state index contributed by atoms with van der Waals surface area (Å²) in [6, 6.07) is 16.2. The number of rotatable bonds is 6. The maximum atomic E-state index is 13.0. The first-order valence-corrected chi connectivity index (χ1v) is 11.9. The molecular weight excluding hydrogens is 467 g/mol. The molecule has 2 aromatic carbocycles. The lowest BCUT2D eigenvalue weighted by molar-refractivity contribution is 0.0487. The van der Waals surface area contributed by atoms with Crippen LogP contribution >= 0.6 is 34.5 Å². The lowest BCUT2D eigenvalue weighted by atomic mass is 9.74. The predicted octanol–water partition coefficient (Wildman–Crippen LogP) is 5.79. The van der Waals surface area contributed by atoms with Gasteiger partial charge in [0.1, 0.15) is 0 Å². The van der Waals surface area contributed by atoms with Gasteiger partial charge in [0.05, 0.1) is 15.6 Å². The van der Waals surface area contributed by atoms with Crippen LogP contribution in [0.1, 0.15) is 38.4 Å². The lowest BCUT2D eigenvalue weighted by Crippen LogP contribution is -2.44. The van der Waals surface area contributed by atoms with Crippen molar-refractivity contribution in [2.75, 3.05) is 25.1 Å². The Hall–Kier alpha value is -2.38. The molecule has 8 heteroatoms. The number of amides is 2. The normalized spacial score (nSPS) is 15.2. The molecule has 0 saturated carbocycles. The van der Waals surface area contributed by atoms with Crippen LogP contribution in [0.15, 0.2) is 60.0 Å². The van der Waals surface area contributed by atoms with Gasteiger partial charge in [0.15, 0.2) is 0 Å². The van der Waals surface area contributed by atoms with Gasteiger partial charge in [-0.3, -0.25) is 9.59 Å². The molecule has 1 fully saturated rings. The molecule has 0 bridgehead atoms. The van der Waals surface area contributed by atoms with Crippen molar-refractivity contribution >= 4 is 52.0 Å². The molecule has 2 N–H and O–H groups in total. The second-order valence-corrected chi connectivity index (χ2v) is 9.50. The van der Waals surface area contributed by atoms with Gasteiger partial charge in [-0.25, -0.2) is 0 Å². The molecule has 0 atom stereocenters. The van der Waals surface area contributed by atoms with Gasteiger partial charge in [-0.05, 0) is 60.2 Å². The zero-order chi connectivity index (χ0) is 22.6. The van der Waals surface area contributed by atoms with Crippen molar-refractivity contribution in [1.29, 1.82) is 0 Å². The number of carbonyl (C=O) groups is 2. The Labute approximate surface area is 200 Å². The first-order valence-electron chi connectivity index (χ1n) is 10.2. The molecule has 0 radical (unpaired) electrons. The Morgan fingerprint density at radius 1 is 1.00 bits per heavy atom. The molecular formula is C24H22Cl2N2O3S. The average molecular weight is 489 g/mol. The summed E-state index contributed by atoms with van der Waals surface area (Å²) in [5.74, 6) is -0.489. The van der Waals surface area contributed by atoms with Gasteiger partial charge in [0, 0.05) is 35.8 Å². The Bertz CT molecular complexity index is 1090. The fraction of sp³-hybridized carbons (Fsp3) is 0.250. The van der Waals surface area contributed by atoms with E-state index in [0.717, 1.165) is 18.4 Å². The number of thiophene rings is 1. The van der Waals surface area contributed by atoms with E-state index in [9.17, 15) is 9.59 Å². The molecule has 0 spiro atoms. The number of carbonyl (C=O) groups excluding carboxylic acids is 2. The lowest BCUT2D eigenvalue weighted by Gasteiger charge is -2.38. The van der Waals surface area contributed by atoms with Gasteiger partial charge < -0.3 is 15.4 Å². The van der Waals surface area contributed by atoms with Crippen LogP contribution in [0, 0.1) is 0 Å². The van der Waals surface area contributed by atoms with Crippen molar-refractivity contribution in [2.45, 2.75) is 18.3 Å². The van der Waals surface area contributed by atoms with Gasteiger partial charge >= 0.3 is 0 Å². The molecule has 5 nitrogen and oxygen atoms in total. The Kier molecular flexibility index (Phi) is 7.16. The van der Waals surface area contributed by atoms with Crippen LogP contribution < -0.4 is 10.6 Å². The number of nitrogens with one attached hydrogen (secondary N) is 2. The van der Waals surface area contributed by atoms with Crippen LogP contribution in [-0.2, 0) is 10.2 Å². The third-order valence-electron chi connectivity index (χ3n) is 5.72. The molecule has 3 aromatic rings. The number of hydrogen-bond acceptors (Lipinski definition) is 4. The van der Waals surface area contributed by atoms with Gasteiger partial charge in [-0.15, -0.1) is 11.3 Å². The van der Waals surface area contributed by atoms with Gasteiger partial charge in [0.2, 0.25) is 0 Å². The quantitative estimate of drug-likeness (QED) is 0.461. The molecule has 1 aromatic heterocycles. The van der Waals surface area contributed by atoms with E-state index >= 15 is 0 Å². The molecule has 1 saturated heterocycles. The molecule has 2 amide bonds. The van der Waals surface area contributed by atoms with Crippen molar-refractivity contribution in [2.24, 2.45) is 0 Å².